The molecule has 1 fully saturated rings. The molecule has 0 bridgehead atoms. The summed E-state index contributed by atoms with van der Waals surface area (Å²) in [5.74, 6) is -0.492. The lowest BCUT2D eigenvalue weighted by atomic mass is 9.87. The van der Waals surface area contributed by atoms with Gasteiger partial charge >= 0.3 is 0 Å². The lowest BCUT2D eigenvalue weighted by Gasteiger charge is -2.41. The number of fused-ring (bicyclic) bond motifs is 1. The molecule has 36 heavy (non-hydrogen) atoms. The molecule has 2 aliphatic heterocycles. The Kier molecular flexibility index (Phi) is 7.28. The third kappa shape index (κ3) is 5.11. The lowest BCUT2D eigenvalue weighted by molar-refractivity contribution is -0.158. The van der Waals surface area contributed by atoms with Gasteiger partial charge < -0.3 is 14.4 Å². The summed E-state index contributed by atoms with van der Waals surface area (Å²) in [6.07, 6.45) is -0.253. The van der Waals surface area contributed by atoms with Crippen LogP contribution in [0, 0.1) is 5.82 Å². The summed E-state index contributed by atoms with van der Waals surface area (Å²) in [6, 6.07) is 23.1. The Bertz CT molecular complexity index is 1250. The van der Waals surface area contributed by atoms with Crippen molar-refractivity contribution < 1.29 is 18.7 Å². The topological polar surface area (TPSA) is 87.5 Å². The van der Waals surface area contributed by atoms with E-state index in [0.29, 0.717) is 13.2 Å². The minimum absolute atomic E-state index is 0.151. The van der Waals surface area contributed by atoms with E-state index in [-0.39, 0.29) is 30.8 Å². The molecular weight excluding hydrogens is 459 g/mol. The molecule has 0 saturated carbocycles. The molecule has 7 nitrogen and oxygen atoms in total. The average Bonchev–Trinajstić information content (AvgIpc) is 2.92. The Morgan fingerprint density at radius 1 is 1.08 bits per heavy atom. The molecule has 3 aromatic carbocycles. The molecule has 184 valence electrons. The van der Waals surface area contributed by atoms with Gasteiger partial charge in [0.25, 0.3) is 5.91 Å². The first-order valence-electron chi connectivity index (χ1n) is 12.1. The smallest absolute Gasteiger partial charge is 0.252 e. The van der Waals surface area contributed by atoms with E-state index in [0.717, 1.165) is 23.1 Å². The van der Waals surface area contributed by atoms with E-state index in [1.807, 2.05) is 48.5 Å². The fourth-order valence-electron chi connectivity index (χ4n) is 5.05. The van der Waals surface area contributed by atoms with Crippen LogP contribution in [-0.2, 0) is 27.3 Å². The van der Waals surface area contributed by atoms with Gasteiger partial charge in [-0.05, 0) is 52.8 Å². The highest BCUT2D eigenvalue weighted by atomic mass is 19.1. The van der Waals surface area contributed by atoms with Crippen LogP contribution in [0.2, 0.25) is 0 Å². The number of halogens is 1. The number of hydrogen-bond donors (Lipinski definition) is 0. The summed E-state index contributed by atoms with van der Waals surface area (Å²) in [6.45, 7) is 1.02. The Balaban J connectivity index is 1.35. The fraction of sp³-hybridized carbons (Fsp3) is 0.321. The van der Waals surface area contributed by atoms with Crippen molar-refractivity contribution >= 4 is 5.91 Å². The van der Waals surface area contributed by atoms with E-state index in [1.54, 1.807) is 17.0 Å². The zero-order valence-electron chi connectivity index (χ0n) is 19.7. The lowest BCUT2D eigenvalue weighted by Crippen LogP contribution is -2.51. The van der Waals surface area contributed by atoms with Gasteiger partial charge in [-0.15, -0.1) is 0 Å². The monoisotopic (exact) mass is 486 g/mol. The molecule has 2 aliphatic rings. The van der Waals surface area contributed by atoms with Crippen LogP contribution in [0.5, 0.6) is 0 Å². The van der Waals surface area contributed by atoms with Gasteiger partial charge in [-0.2, -0.15) is 0 Å². The maximum absolute atomic E-state index is 13.8. The van der Waals surface area contributed by atoms with Crippen molar-refractivity contribution in [1.29, 1.82) is 0 Å². The van der Waals surface area contributed by atoms with E-state index in [4.69, 9.17) is 15.0 Å². The molecule has 0 radical (unpaired) electrons. The second kappa shape index (κ2) is 10.9. The molecule has 2 heterocycles. The number of ether oxygens (including phenoxy) is 2. The highest BCUT2D eigenvalue weighted by Gasteiger charge is 2.40. The van der Waals surface area contributed by atoms with Gasteiger partial charge in [0.2, 0.25) is 0 Å². The summed E-state index contributed by atoms with van der Waals surface area (Å²) in [5.41, 5.74) is 13.2. The first kappa shape index (κ1) is 24.0. The van der Waals surface area contributed by atoms with E-state index in [2.05, 4.69) is 16.1 Å². The van der Waals surface area contributed by atoms with Crippen LogP contribution >= 0.6 is 0 Å². The number of carbonyl (C=O) groups is 1. The number of azide groups is 1. The quantitative estimate of drug-likeness (QED) is 0.267. The molecule has 0 N–H and O–H groups in total. The van der Waals surface area contributed by atoms with Gasteiger partial charge in [0.1, 0.15) is 11.9 Å². The number of carbonyl (C=O) groups excluding carboxylic acids is 1. The van der Waals surface area contributed by atoms with Gasteiger partial charge in [0.15, 0.2) is 0 Å². The van der Waals surface area contributed by atoms with Gasteiger partial charge in [0.05, 0.1) is 31.4 Å². The Labute approximate surface area is 209 Å². The van der Waals surface area contributed by atoms with Crippen LogP contribution < -0.4 is 0 Å². The molecule has 0 aliphatic carbocycles. The predicted molar refractivity (Wildman–Crippen MR) is 132 cm³/mol. The summed E-state index contributed by atoms with van der Waals surface area (Å²) in [5, 5.41) is 3.94. The van der Waals surface area contributed by atoms with Crippen LogP contribution in [0.4, 0.5) is 4.39 Å². The van der Waals surface area contributed by atoms with Crippen molar-refractivity contribution in [2.45, 2.75) is 43.7 Å². The SMILES string of the molecule is [N-]=[N+]=N[C@H]1C[C@H](C(=O)N2CCc3ccccc3[C@@H]2c2ccc(F)cc2)OC[C@@H]1OCc1ccccc1. The average molecular weight is 487 g/mol. The zero-order valence-corrected chi connectivity index (χ0v) is 19.7. The first-order chi connectivity index (χ1) is 17.6. The van der Waals surface area contributed by atoms with Crippen LogP contribution in [0.3, 0.4) is 0 Å². The summed E-state index contributed by atoms with van der Waals surface area (Å²) in [4.78, 5) is 18.6. The standard InChI is InChI=1S/C28H27FN4O3/c29-22-12-10-21(11-13-22)27-23-9-5-4-8-20(23)14-15-33(27)28(34)25-16-24(31-32-30)26(18-36-25)35-17-19-6-2-1-3-7-19/h1-13,24-27H,14-18H2/t24-,25+,26-,27-/m0/s1. The van der Waals surface area contributed by atoms with E-state index < -0.39 is 18.2 Å². The van der Waals surface area contributed by atoms with Crippen LogP contribution in [-0.4, -0.2) is 42.2 Å². The molecule has 0 spiro atoms. The van der Waals surface area contributed by atoms with E-state index >= 15 is 0 Å². The van der Waals surface area contributed by atoms with Crippen LogP contribution in [0.15, 0.2) is 84.0 Å². The first-order valence-corrected chi connectivity index (χ1v) is 12.1. The van der Waals surface area contributed by atoms with Crippen molar-refractivity contribution in [2.75, 3.05) is 13.2 Å². The second-order valence-electron chi connectivity index (χ2n) is 9.10. The fourth-order valence-corrected chi connectivity index (χ4v) is 5.05. The Hall–Kier alpha value is -3.71. The van der Waals surface area contributed by atoms with Crippen molar-refractivity contribution in [3.63, 3.8) is 0 Å². The molecule has 1 amide bonds. The summed E-state index contributed by atoms with van der Waals surface area (Å²) >= 11 is 0. The maximum Gasteiger partial charge on any atom is 0.252 e. The van der Waals surface area contributed by atoms with Crippen molar-refractivity contribution in [2.24, 2.45) is 5.11 Å². The molecule has 0 aromatic heterocycles. The Morgan fingerprint density at radius 3 is 2.61 bits per heavy atom. The highest BCUT2D eigenvalue weighted by molar-refractivity contribution is 5.82. The van der Waals surface area contributed by atoms with Crippen molar-refractivity contribution in [3.05, 3.63) is 117 Å². The van der Waals surface area contributed by atoms with Crippen molar-refractivity contribution in [3.8, 4) is 0 Å². The van der Waals surface area contributed by atoms with Gasteiger partial charge in [-0.3, -0.25) is 4.79 Å². The molecule has 8 heteroatoms. The maximum atomic E-state index is 13.8. The third-order valence-corrected chi connectivity index (χ3v) is 6.88. The molecule has 1 saturated heterocycles. The molecule has 0 unspecified atom stereocenters. The highest BCUT2D eigenvalue weighted by Crippen LogP contribution is 2.36. The number of rotatable bonds is 6. The number of benzene rings is 3. The largest absolute Gasteiger partial charge is 0.371 e. The molecular formula is C28H27FN4O3. The number of hydrogen-bond acceptors (Lipinski definition) is 4. The van der Waals surface area contributed by atoms with Gasteiger partial charge in [0, 0.05) is 11.5 Å². The van der Waals surface area contributed by atoms with Gasteiger partial charge in [-0.1, -0.05) is 71.8 Å². The Morgan fingerprint density at radius 2 is 1.83 bits per heavy atom. The van der Waals surface area contributed by atoms with E-state index in [9.17, 15) is 9.18 Å². The minimum Gasteiger partial charge on any atom is -0.371 e. The summed E-state index contributed by atoms with van der Waals surface area (Å²) < 4.78 is 25.7. The zero-order chi connectivity index (χ0) is 24.9. The molecule has 4 atom stereocenters. The third-order valence-electron chi connectivity index (χ3n) is 6.88. The normalized spacial score (nSPS) is 23.4. The van der Waals surface area contributed by atoms with Crippen molar-refractivity contribution in [1.82, 2.24) is 4.90 Å². The number of nitrogens with zero attached hydrogens (tertiary/aromatic N) is 4. The van der Waals surface area contributed by atoms with Crippen LogP contribution in [0.25, 0.3) is 10.4 Å². The summed E-state index contributed by atoms with van der Waals surface area (Å²) in [7, 11) is 0. The van der Waals surface area contributed by atoms with E-state index in [1.165, 1.54) is 17.7 Å². The molecule has 3 aromatic rings. The number of amides is 1. The second-order valence-corrected chi connectivity index (χ2v) is 9.10. The van der Waals surface area contributed by atoms with Gasteiger partial charge in [-0.25, -0.2) is 4.39 Å². The van der Waals surface area contributed by atoms with Crippen LogP contribution in [0.1, 0.15) is 34.7 Å². The molecule has 5 rings (SSSR count). The minimum atomic E-state index is -0.759. The predicted octanol–water partition coefficient (Wildman–Crippen LogP) is 5.35.